The second-order valence-corrected chi connectivity index (χ2v) is 8.15. The normalized spacial score (nSPS) is 24.5. The Hall–Kier alpha value is -0.980. The van der Waals surface area contributed by atoms with Gasteiger partial charge in [-0.1, -0.05) is 52.2 Å². The van der Waals surface area contributed by atoms with Crippen molar-refractivity contribution in [3.05, 3.63) is 12.2 Å². The first-order valence-electron chi connectivity index (χ1n) is 9.13. The molecular formula is C19H34FNO4. The maximum Gasteiger partial charge on any atom is 0.230 e. The minimum Gasteiger partial charge on any atom is -0.388 e. The number of aliphatic hydroxyl groups is 2. The predicted octanol–water partition coefficient (Wildman–Crippen LogP) is 2.81. The van der Waals surface area contributed by atoms with Gasteiger partial charge in [0.05, 0.1) is 24.9 Å². The Morgan fingerprint density at radius 3 is 2.48 bits per heavy atom. The van der Waals surface area contributed by atoms with Crippen LogP contribution in [0.15, 0.2) is 12.2 Å². The summed E-state index contributed by atoms with van der Waals surface area (Å²) in [6, 6.07) is -0.515. The zero-order valence-electron chi connectivity index (χ0n) is 16.0. The second kappa shape index (κ2) is 9.64. The number of alkyl halides is 1. The molecule has 3 atom stereocenters. The van der Waals surface area contributed by atoms with Crippen LogP contribution in [-0.2, 0) is 9.53 Å². The van der Waals surface area contributed by atoms with E-state index in [4.69, 9.17) is 4.74 Å². The zero-order chi connectivity index (χ0) is 19.1. The van der Waals surface area contributed by atoms with Gasteiger partial charge in [0.25, 0.3) is 0 Å². The lowest BCUT2D eigenvalue weighted by Crippen LogP contribution is -2.55. The topological polar surface area (TPSA) is 70.0 Å². The molecule has 5 nitrogen and oxygen atoms in total. The lowest BCUT2D eigenvalue weighted by Gasteiger charge is -2.40. The Balaban J connectivity index is 2.70. The Morgan fingerprint density at radius 2 is 1.88 bits per heavy atom. The molecule has 1 saturated heterocycles. The maximum atomic E-state index is 12.6. The first-order valence-corrected chi connectivity index (χ1v) is 9.13. The van der Waals surface area contributed by atoms with E-state index in [9.17, 15) is 19.4 Å². The summed E-state index contributed by atoms with van der Waals surface area (Å²) in [7, 11) is 0. The van der Waals surface area contributed by atoms with Crippen molar-refractivity contribution in [1.82, 2.24) is 4.90 Å². The molecule has 0 aliphatic carbocycles. The van der Waals surface area contributed by atoms with Gasteiger partial charge in [0.15, 0.2) is 0 Å². The van der Waals surface area contributed by atoms with Gasteiger partial charge in [-0.3, -0.25) is 9.18 Å². The Bertz CT molecular complexity index is 445. The van der Waals surface area contributed by atoms with E-state index in [1.54, 1.807) is 19.1 Å². The van der Waals surface area contributed by atoms with E-state index in [0.717, 1.165) is 19.3 Å². The number of rotatable bonds is 8. The molecule has 25 heavy (non-hydrogen) atoms. The summed E-state index contributed by atoms with van der Waals surface area (Å²) in [6.45, 7) is 7.18. The van der Waals surface area contributed by atoms with E-state index >= 15 is 0 Å². The molecule has 1 amide bonds. The average Bonchev–Trinajstić information content (AvgIpc) is 2.51. The predicted molar refractivity (Wildman–Crippen MR) is 95.7 cm³/mol. The summed E-state index contributed by atoms with van der Waals surface area (Å²) in [4.78, 5) is 14.1. The Kier molecular flexibility index (Phi) is 8.51. The second-order valence-electron chi connectivity index (χ2n) is 8.15. The van der Waals surface area contributed by atoms with Gasteiger partial charge in [-0.15, -0.1) is 0 Å². The molecule has 146 valence electrons. The minimum atomic E-state index is -1.02. The van der Waals surface area contributed by atoms with Crippen LogP contribution in [0.5, 0.6) is 0 Å². The summed E-state index contributed by atoms with van der Waals surface area (Å²) in [5, 5.41) is 20.7. The molecule has 0 radical (unpaired) electrons. The van der Waals surface area contributed by atoms with Crippen LogP contribution in [0.3, 0.4) is 0 Å². The third kappa shape index (κ3) is 7.42. The third-order valence-corrected chi connectivity index (χ3v) is 4.39. The van der Waals surface area contributed by atoms with Gasteiger partial charge in [0, 0.05) is 5.41 Å². The van der Waals surface area contributed by atoms with Crippen molar-refractivity contribution < 1.29 is 24.1 Å². The molecule has 1 rings (SSSR count). The van der Waals surface area contributed by atoms with Crippen molar-refractivity contribution in [3.8, 4) is 0 Å². The number of ether oxygens (including phenoxy) is 1. The SMILES string of the molecule is CC(O)(/C=C/[C@H]1C(O)COCN1C(=O)C(C)(C)C)CCCCCCF. The summed E-state index contributed by atoms with van der Waals surface area (Å²) in [6.07, 6.45) is 6.17. The van der Waals surface area contributed by atoms with Crippen LogP contribution < -0.4 is 0 Å². The molecule has 2 N–H and O–H groups in total. The molecule has 1 aliphatic heterocycles. The van der Waals surface area contributed by atoms with E-state index in [1.807, 2.05) is 20.8 Å². The number of carbonyl (C=O) groups excluding carboxylic acids is 1. The van der Waals surface area contributed by atoms with Crippen LogP contribution >= 0.6 is 0 Å². The van der Waals surface area contributed by atoms with Crippen LogP contribution in [-0.4, -0.2) is 58.8 Å². The van der Waals surface area contributed by atoms with E-state index in [1.165, 1.54) is 4.90 Å². The number of unbranched alkanes of at least 4 members (excludes halogenated alkanes) is 3. The molecule has 1 heterocycles. The molecule has 0 spiro atoms. The number of hydrogen-bond donors (Lipinski definition) is 2. The maximum absolute atomic E-state index is 12.6. The monoisotopic (exact) mass is 359 g/mol. The number of hydrogen-bond acceptors (Lipinski definition) is 4. The highest BCUT2D eigenvalue weighted by Crippen LogP contribution is 2.25. The first-order chi connectivity index (χ1) is 11.6. The van der Waals surface area contributed by atoms with Crippen LogP contribution in [0.25, 0.3) is 0 Å². The number of carbonyl (C=O) groups is 1. The smallest absolute Gasteiger partial charge is 0.230 e. The van der Waals surface area contributed by atoms with Crippen LogP contribution in [0, 0.1) is 5.41 Å². The van der Waals surface area contributed by atoms with Crippen molar-refractivity contribution in [1.29, 1.82) is 0 Å². The summed E-state index contributed by atoms with van der Waals surface area (Å²) in [5.41, 5.74) is -1.60. The lowest BCUT2D eigenvalue weighted by molar-refractivity contribution is -0.163. The fourth-order valence-electron chi connectivity index (χ4n) is 2.84. The van der Waals surface area contributed by atoms with E-state index < -0.39 is 23.2 Å². The number of nitrogens with zero attached hydrogens (tertiary/aromatic N) is 1. The highest BCUT2D eigenvalue weighted by atomic mass is 19.1. The average molecular weight is 359 g/mol. The largest absolute Gasteiger partial charge is 0.388 e. The van der Waals surface area contributed by atoms with Crippen molar-refractivity contribution >= 4 is 5.91 Å². The van der Waals surface area contributed by atoms with Crippen LogP contribution in [0.1, 0.15) is 59.8 Å². The van der Waals surface area contributed by atoms with Crippen LogP contribution in [0.2, 0.25) is 0 Å². The summed E-state index contributed by atoms with van der Waals surface area (Å²) in [5.74, 6) is -0.105. The van der Waals surface area contributed by atoms with Crippen molar-refractivity contribution in [2.75, 3.05) is 20.0 Å². The molecule has 0 aromatic carbocycles. The van der Waals surface area contributed by atoms with Gasteiger partial charge in [-0.05, 0) is 19.8 Å². The molecule has 1 aliphatic rings. The summed E-state index contributed by atoms with van der Waals surface area (Å²) < 4.78 is 17.4. The number of aliphatic hydroxyl groups excluding tert-OH is 1. The van der Waals surface area contributed by atoms with Gasteiger partial charge in [0.2, 0.25) is 5.91 Å². The molecule has 0 saturated carbocycles. The van der Waals surface area contributed by atoms with E-state index in [2.05, 4.69) is 0 Å². The van der Waals surface area contributed by atoms with Crippen LogP contribution in [0.4, 0.5) is 4.39 Å². The molecule has 0 aromatic rings. The van der Waals surface area contributed by atoms with Gasteiger partial charge in [-0.25, -0.2) is 0 Å². The highest BCUT2D eigenvalue weighted by molar-refractivity contribution is 5.82. The standard InChI is InChI=1S/C19H34FNO4/c1-18(2,3)17(23)21-14-25-13-16(22)15(21)9-11-19(4,24)10-7-5-6-8-12-20/h9,11,15-16,22,24H,5-8,10,12-14H2,1-4H3/b11-9+/t15-,16?,19?/m0/s1. The van der Waals surface area contributed by atoms with Gasteiger partial charge in [0.1, 0.15) is 12.8 Å². The number of halogens is 1. The van der Waals surface area contributed by atoms with Crippen molar-refractivity contribution in [2.24, 2.45) is 5.41 Å². The van der Waals surface area contributed by atoms with E-state index in [-0.39, 0.29) is 25.9 Å². The minimum absolute atomic E-state index is 0.105. The van der Waals surface area contributed by atoms with E-state index in [0.29, 0.717) is 12.8 Å². The van der Waals surface area contributed by atoms with Crippen molar-refractivity contribution in [2.45, 2.75) is 77.5 Å². The van der Waals surface area contributed by atoms with Gasteiger partial charge >= 0.3 is 0 Å². The molecule has 1 fully saturated rings. The Morgan fingerprint density at radius 1 is 1.24 bits per heavy atom. The fourth-order valence-corrected chi connectivity index (χ4v) is 2.84. The molecule has 0 bridgehead atoms. The van der Waals surface area contributed by atoms with Crippen molar-refractivity contribution in [3.63, 3.8) is 0 Å². The summed E-state index contributed by atoms with van der Waals surface area (Å²) >= 11 is 0. The Labute approximate surface area is 150 Å². The molecular weight excluding hydrogens is 325 g/mol. The number of amides is 1. The molecule has 6 heteroatoms. The third-order valence-electron chi connectivity index (χ3n) is 4.39. The zero-order valence-corrected chi connectivity index (χ0v) is 16.0. The van der Waals surface area contributed by atoms with Gasteiger partial charge in [-0.2, -0.15) is 0 Å². The van der Waals surface area contributed by atoms with Gasteiger partial charge < -0.3 is 19.8 Å². The highest BCUT2D eigenvalue weighted by Gasteiger charge is 2.37. The molecule has 2 unspecified atom stereocenters. The quantitative estimate of drug-likeness (QED) is 0.516. The lowest BCUT2D eigenvalue weighted by atomic mass is 9.92. The molecule has 0 aromatic heterocycles. The first kappa shape index (κ1) is 22.1. The fraction of sp³-hybridized carbons (Fsp3) is 0.842.